The van der Waals surface area contributed by atoms with Crippen LogP contribution in [-0.2, 0) is 10.8 Å². The number of benzene rings is 11. The van der Waals surface area contributed by atoms with Crippen molar-refractivity contribution in [1.29, 1.82) is 0 Å². The van der Waals surface area contributed by atoms with Gasteiger partial charge in [0, 0.05) is 37.1 Å². The minimum absolute atomic E-state index is 0.0846. The molecule has 1 aromatic heterocycles. The minimum Gasteiger partial charge on any atom is -0.310 e. The number of hydrogen-bond acceptors (Lipinski definition) is 2. The SMILES string of the molecule is CC(C)(C)c1ccc(-c2ccc(N(c3ccc4c(c3)-c3ccccc3C4(c3ccccc3)c3ccccc3)c3ccc4ccccc4c3-c3ccccc3-c3cccc4sc5ccccc5c34)cc2)cc1. The third-order valence-corrected chi connectivity index (χ3v) is 16.1. The average molecular weight is 926 g/mol. The molecular weight excluding hydrogens is 875 g/mol. The summed E-state index contributed by atoms with van der Waals surface area (Å²) in [5.74, 6) is 0. The van der Waals surface area contributed by atoms with Crippen molar-refractivity contribution in [3.63, 3.8) is 0 Å². The fourth-order valence-corrected chi connectivity index (χ4v) is 12.8. The maximum atomic E-state index is 2.51. The second-order valence-electron chi connectivity index (χ2n) is 20.0. The topological polar surface area (TPSA) is 3.24 Å². The Balaban J connectivity index is 1.07. The molecule has 0 spiro atoms. The van der Waals surface area contributed by atoms with Crippen LogP contribution >= 0.6 is 11.3 Å². The molecule has 0 aliphatic heterocycles. The van der Waals surface area contributed by atoms with Crippen LogP contribution in [0.2, 0.25) is 0 Å². The monoisotopic (exact) mass is 925 g/mol. The molecule has 2 heteroatoms. The van der Waals surface area contributed by atoms with Gasteiger partial charge in [0.05, 0.1) is 11.1 Å². The van der Waals surface area contributed by atoms with Crippen LogP contribution in [0.4, 0.5) is 17.1 Å². The second-order valence-corrected chi connectivity index (χ2v) is 21.1. The first kappa shape index (κ1) is 42.8. The maximum Gasteiger partial charge on any atom is 0.0713 e. The quantitative estimate of drug-likeness (QED) is 0.147. The zero-order valence-corrected chi connectivity index (χ0v) is 40.9. The van der Waals surface area contributed by atoms with Gasteiger partial charge >= 0.3 is 0 Å². The number of nitrogens with zero attached hydrogens (tertiary/aromatic N) is 1. The van der Waals surface area contributed by atoms with Crippen LogP contribution in [0, 0.1) is 0 Å². The van der Waals surface area contributed by atoms with E-state index in [-0.39, 0.29) is 5.41 Å². The van der Waals surface area contributed by atoms with Gasteiger partial charge in [-0.05, 0) is 125 Å². The first-order valence-corrected chi connectivity index (χ1v) is 25.6. The normalized spacial score (nSPS) is 12.8. The van der Waals surface area contributed by atoms with Crippen molar-refractivity contribution in [2.75, 3.05) is 4.90 Å². The van der Waals surface area contributed by atoms with E-state index in [9.17, 15) is 0 Å². The molecule has 0 atom stereocenters. The van der Waals surface area contributed by atoms with Crippen LogP contribution in [0.3, 0.4) is 0 Å². The van der Waals surface area contributed by atoms with E-state index in [1.807, 2.05) is 11.3 Å². The zero-order chi connectivity index (χ0) is 47.7. The Morgan fingerprint density at radius 2 is 0.930 bits per heavy atom. The van der Waals surface area contributed by atoms with Crippen molar-refractivity contribution in [2.45, 2.75) is 31.6 Å². The molecular formula is C69H51NS. The molecule has 338 valence electrons. The summed E-state index contributed by atoms with van der Waals surface area (Å²) in [6.45, 7) is 6.82. The van der Waals surface area contributed by atoms with Crippen molar-refractivity contribution < 1.29 is 0 Å². The molecule has 1 nitrogen and oxygen atoms in total. The molecule has 0 amide bonds. The van der Waals surface area contributed by atoms with Gasteiger partial charge in [0.15, 0.2) is 0 Å². The van der Waals surface area contributed by atoms with Crippen LogP contribution in [0.15, 0.2) is 255 Å². The standard InChI is InChI=1S/C69H51NS/c1-68(2,3)49-38-33-46(34-39-49)47-35-40-52(41-36-47)70(53-42-43-62-60(45-53)56-26-14-16-30-61(56)69(62,50-20-6-4-7-21-50)51-22-8-5-9-23-51)63-44-37-48-19-10-11-24-54(48)66(63)57-27-13-12-25-55(57)58-29-18-32-65-67(58)59-28-15-17-31-64(59)71-65/h4-45H,1-3H3. The Labute approximate surface area is 420 Å². The van der Waals surface area contributed by atoms with Gasteiger partial charge in [-0.25, -0.2) is 0 Å². The molecule has 1 aliphatic rings. The highest BCUT2D eigenvalue weighted by atomic mass is 32.1. The predicted molar refractivity (Wildman–Crippen MR) is 304 cm³/mol. The van der Waals surface area contributed by atoms with Gasteiger partial charge in [-0.15, -0.1) is 11.3 Å². The van der Waals surface area contributed by atoms with Crippen LogP contribution in [-0.4, -0.2) is 0 Å². The summed E-state index contributed by atoms with van der Waals surface area (Å²) in [6.07, 6.45) is 0. The first-order chi connectivity index (χ1) is 34.9. The third-order valence-electron chi connectivity index (χ3n) is 14.9. The van der Waals surface area contributed by atoms with Crippen molar-refractivity contribution in [3.8, 4) is 44.5 Å². The molecule has 1 heterocycles. The molecule has 13 rings (SSSR count). The number of thiophene rings is 1. The Kier molecular flexibility index (Phi) is 10.2. The van der Waals surface area contributed by atoms with Crippen LogP contribution in [0.25, 0.3) is 75.5 Å². The summed E-state index contributed by atoms with van der Waals surface area (Å²) in [4.78, 5) is 2.51. The Hall–Kier alpha value is -8.30. The number of anilines is 3. The van der Waals surface area contributed by atoms with Crippen LogP contribution in [0.1, 0.15) is 48.6 Å². The molecule has 0 saturated carbocycles. The summed E-state index contributed by atoms with van der Waals surface area (Å²) in [6, 6.07) is 95.1. The minimum atomic E-state index is -0.498. The molecule has 0 fully saturated rings. The fourth-order valence-electron chi connectivity index (χ4n) is 11.6. The van der Waals surface area contributed by atoms with E-state index < -0.39 is 5.41 Å². The van der Waals surface area contributed by atoms with Gasteiger partial charge in [-0.1, -0.05) is 233 Å². The lowest BCUT2D eigenvalue weighted by Gasteiger charge is -2.34. The van der Waals surface area contributed by atoms with Gasteiger partial charge in [-0.3, -0.25) is 0 Å². The summed E-state index contributed by atoms with van der Waals surface area (Å²) >= 11 is 1.87. The molecule has 11 aromatic carbocycles. The highest BCUT2D eigenvalue weighted by Crippen LogP contribution is 2.58. The number of hydrogen-bond donors (Lipinski definition) is 0. The van der Waals surface area contributed by atoms with Gasteiger partial charge in [-0.2, -0.15) is 0 Å². The van der Waals surface area contributed by atoms with Crippen molar-refractivity contribution in [1.82, 2.24) is 0 Å². The smallest absolute Gasteiger partial charge is 0.0713 e. The predicted octanol–water partition coefficient (Wildman–Crippen LogP) is 19.3. The molecule has 0 radical (unpaired) electrons. The largest absolute Gasteiger partial charge is 0.310 e. The van der Waals surface area contributed by atoms with E-state index in [1.165, 1.54) is 103 Å². The number of fused-ring (bicyclic) bond motifs is 7. The van der Waals surface area contributed by atoms with Crippen LogP contribution in [0.5, 0.6) is 0 Å². The summed E-state index contributed by atoms with van der Waals surface area (Å²) < 4.78 is 2.60. The van der Waals surface area contributed by atoms with Gasteiger partial charge in [0.25, 0.3) is 0 Å². The first-order valence-electron chi connectivity index (χ1n) is 24.7. The van der Waals surface area contributed by atoms with Crippen LogP contribution < -0.4 is 4.90 Å². The van der Waals surface area contributed by atoms with Crippen molar-refractivity contribution in [2.24, 2.45) is 0 Å². The third kappa shape index (κ3) is 6.96. The molecule has 12 aromatic rings. The van der Waals surface area contributed by atoms with Crippen molar-refractivity contribution >= 4 is 59.3 Å². The Morgan fingerprint density at radius 1 is 0.380 bits per heavy atom. The van der Waals surface area contributed by atoms with Gasteiger partial charge in [0.2, 0.25) is 0 Å². The zero-order valence-electron chi connectivity index (χ0n) is 40.1. The van der Waals surface area contributed by atoms with E-state index in [0.29, 0.717) is 0 Å². The highest BCUT2D eigenvalue weighted by molar-refractivity contribution is 7.25. The molecule has 1 aliphatic carbocycles. The highest BCUT2D eigenvalue weighted by Gasteiger charge is 2.46. The fraction of sp³-hybridized carbons (Fsp3) is 0.0725. The molecule has 0 saturated heterocycles. The van der Waals surface area contributed by atoms with E-state index in [1.54, 1.807) is 0 Å². The van der Waals surface area contributed by atoms with Gasteiger partial charge in [0.1, 0.15) is 0 Å². The summed E-state index contributed by atoms with van der Waals surface area (Å²) in [5, 5.41) is 5.01. The summed E-state index contributed by atoms with van der Waals surface area (Å²) in [7, 11) is 0. The lowest BCUT2D eigenvalue weighted by molar-refractivity contribution is 0.590. The maximum absolute atomic E-state index is 2.51. The summed E-state index contributed by atoms with van der Waals surface area (Å²) in [5.41, 5.74) is 19.1. The van der Waals surface area contributed by atoms with Gasteiger partial charge < -0.3 is 4.90 Å². The number of rotatable bonds is 8. The lowest BCUT2D eigenvalue weighted by atomic mass is 9.68. The van der Waals surface area contributed by atoms with Crippen molar-refractivity contribution in [3.05, 3.63) is 283 Å². The van der Waals surface area contributed by atoms with E-state index in [2.05, 4.69) is 280 Å². The molecule has 0 N–H and O–H groups in total. The molecule has 0 bridgehead atoms. The Bertz CT molecular complexity index is 3910. The Morgan fingerprint density at radius 3 is 1.65 bits per heavy atom. The average Bonchev–Trinajstić information content (AvgIpc) is 3.96. The second kappa shape index (κ2) is 17.0. The van der Waals surface area contributed by atoms with E-state index >= 15 is 0 Å². The molecule has 71 heavy (non-hydrogen) atoms. The van der Waals surface area contributed by atoms with E-state index in [0.717, 1.165) is 17.1 Å². The lowest BCUT2D eigenvalue weighted by Crippen LogP contribution is -2.28. The molecule has 0 unspecified atom stereocenters. The van der Waals surface area contributed by atoms with E-state index in [4.69, 9.17) is 0 Å².